The molecule has 0 aliphatic carbocycles. The highest BCUT2D eigenvalue weighted by atomic mass is 127. The van der Waals surface area contributed by atoms with Crippen molar-refractivity contribution in [1.29, 1.82) is 0 Å². The van der Waals surface area contributed by atoms with Crippen LogP contribution in [0.5, 0.6) is 11.6 Å². The van der Waals surface area contributed by atoms with E-state index in [0.29, 0.717) is 25.6 Å². The van der Waals surface area contributed by atoms with Gasteiger partial charge in [-0.1, -0.05) is 31.2 Å². The molecule has 0 saturated heterocycles. The quantitative estimate of drug-likeness (QED) is 0.234. The molecule has 0 fully saturated rings. The molecule has 1 aromatic carbocycles. The fraction of sp³-hybridized carbons (Fsp3) is 0.400. The van der Waals surface area contributed by atoms with Gasteiger partial charge in [0.05, 0.1) is 13.2 Å². The SMILES string of the molecule is CCCOc1ccc(CNC(=NC)NCCCOc2ccccc2)cn1.I. The Hall–Kier alpha value is -2.03. The predicted molar refractivity (Wildman–Crippen MR) is 120 cm³/mol. The molecule has 0 saturated carbocycles. The molecular formula is C20H29IN4O2. The predicted octanol–water partition coefficient (Wildman–Crippen LogP) is 3.62. The van der Waals surface area contributed by atoms with Crippen molar-refractivity contribution in [2.75, 3.05) is 26.8 Å². The van der Waals surface area contributed by atoms with Gasteiger partial charge < -0.3 is 20.1 Å². The van der Waals surface area contributed by atoms with E-state index in [2.05, 4.69) is 27.5 Å². The number of aliphatic imine (C=N–C) groups is 1. The number of hydrogen-bond acceptors (Lipinski definition) is 4. The third-order valence-electron chi connectivity index (χ3n) is 3.56. The Morgan fingerprint density at radius 2 is 1.85 bits per heavy atom. The minimum absolute atomic E-state index is 0. The first-order chi connectivity index (χ1) is 12.8. The molecule has 7 heteroatoms. The zero-order valence-electron chi connectivity index (χ0n) is 16.0. The van der Waals surface area contributed by atoms with Crippen LogP contribution in [-0.2, 0) is 6.54 Å². The molecule has 2 aromatic rings. The lowest BCUT2D eigenvalue weighted by atomic mass is 10.3. The summed E-state index contributed by atoms with van der Waals surface area (Å²) in [4.78, 5) is 8.52. The van der Waals surface area contributed by atoms with Crippen molar-refractivity contribution < 1.29 is 9.47 Å². The Labute approximate surface area is 178 Å². The van der Waals surface area contributed by atoms with Crippen LogP contribution in [0, 0.1) is 0 Å². The second kappa shape index (κ2) is 14.1. The summed E-state index contributed by atoms with van der Waals surface area (Å²) in [7, 11) is 1.76. The molecule has 0 amide bonds. The summed E-state index contributed by atoms with van der Waals surface area (Å²) in [6, 6.07) is 13.7. The molecule has 2 rings (SSSR count). The van der Waals surface area contributed by atoms with E-state index >= 15 is 0 Å². The van der Waals surface area contributed by atoms with E-state index in [0.717, 1.165) is 36.7 Å². The molecule has 27 heavy (non-hydrogen) atoms. The fourth-order valence-corrected chi connectivity index (χ4v) is 2.20. The van der Waals surface area contributed by atoms with Crippen molar-refractivity contribution in [3.05, 3.63) is 54.2 Å². The monoisotopic (exact) mass is 484 g/mol. The molecule has 0 aliphatic heterocycles. The van der Waals surface area contributed by atoms with Crippen molar-refractivity contribution >= 4 is 29.9 Å². The van der Waals surface area contributed by atoms with Gasteiger partial charge in [-0.25, -0.2) is 4.98 Å². The number of benzene rings is 1. The van der Waals surface area contributed by atoms with Gasteiger partial charge in [-0.2, -0.15) is 0 Å². The Bertz CT molecular complexity index is 651. The molecular weight excluding hydrogens is 455 g/mol. The third kappa shape index (κ3) is 9.46. The smallest absolute Gasteiger partial charge is 0.213 e. The van der Waals surface area contributed by atoms with Crippen molar-refractivity contribution in [3.63, 3.8) is 0 Å². The average Bonchev–Trinajstić information content (AvgIpc) is 2.70. The lowest BCUT2D eigenvalue weighted by molar-refractivity contribution is 0.305. The number of ether oxygens (including phenoxy) is 2. The number of nitrogens with zero attached hydrogens (tertiary/aromatic N) is 2. The average molecular weight is 484 g/mol. The number of nitrogens with one attached hydrogen (secondary N) is 2. The highest BCUT2D eigenvalue weighted by molar-refractivity contribution is 14.0. The Balaban J connectivity index is 0.00000364. The summed E-state index contributed by atoms with van der Waals surface area (Å²) in [5.74, 6) is 2.32. The minimum Gasteiger partial charge on any atom is -0.494 e. The Morgan fingerprint density at radius 1 is 1.04 bits per heavy atom. The van der Waals surface area contributed by atoms with E-state index in [1.807, 2.05) is 48.7 Å². The second-order valence-corrected chi connectivity index (χ2v) is 5.72. The van der Waals surface area contributed by atoms with Gasteiger partial charge in [-0.15, -0.1) is 24.0 Å². The summed E-state index contributed by atoms with van der Waals surface area (Å²) >= 11 is 0. The highest BCUT2D eigenvalue weighted by Crippen LogP contribution is 2.08. The molecule has 0 spiro atoms. The Morgan fingerprint density at radius 3 is 2.52 bits per heavy atom. The number of rotatable bonds is 10. The summed E-state index contributed by atoms with van der Waals surface area (Å²) in [6.45, 7) is 4.87. The van der Waals surface area contributed by atoms with Crippen molar-refractivity contribution in [3.8, 4) is 11.6 Å². The summed E-state index contributed by atoms with van der Waals surface area (Å²) < 4.78 is 11.2. The fourth-order valence-electron chi connectivity index (χ4n) is 2.20. The maximum absolute atomic E-state index is 5.67. The van der Waals surface area contributed by atoms with E-state index in [9.17, 15) is 0 Å². The van der Waals surface area contributed by atoms with E-state index in [1.54, 1.807) is 7.05 Å². The summed E-state index contributed by atoms with van der Waals surface area (Å²) in [5, 5.41) is 6.55. The van der Waals surface area contributed by atoms with E-state index < -0.39 is 0 Å². The topological polar surface area (TPSA) is 67.8 Å². The van der Waals surface area contributed by atoms with Crippen LogP contribution >= 0.6 is 24.0 Å². The molecule has 1 heterocycles. The first kappa shape index (κ1) is 23.0. The second-order valence-electron chi connectivity index (χ2n) is 5.72. The standard InChI is InChI=1S/C20H28N4O2.HI/c1-3-13-26-19-11-10-17(15-23-19)16-24-20(21-2)22-12-7-14-25-18-8-5-4-6-9-18;/h4-6,8-11,15H,3,7,12-14,16H2,1-2H3,(H2,21,22,24);1H. The van der Waals surface area contributed by atoms with Gasteiger partial charge in [0.25, 0.3) is 0 Å². The van der Waals surface area contributed by atoms with Crippen molar-refractivity contribution in [1.82, 2.24) is 15.6 Å². The maximum atomic E-state index is 5.67. The molecule has 0 aliphatic rings. The number of pyridine rings is 1. The van der Waals surface area contributed by atoms with Gasteiger partial charge in [0.2, 0.25) is 5.88 Å². The number of halogens is 1. The normalized spacial score (nSPS) is 10.7. The molecule has 148 valence electrons. The summed E-state index contributed by atoms with van der Waals surface area (Å²) in [6.07, 6.45) is 3.68. The number of aromatic nitrogens is 1. The van der Waals surface area contributed by atoms with E-state index in [1.165, 1.54) is 0 Å². The van der Waals surface area contributed by atoms with Crippen LogP contribution in [0.3, 0.4) is 0 Å². The molecule has 6 nitrogen and oxygen atoms in total. The zero-order valence-corrected chi connectivity index (χ0v) is 18.3. The van der Waals surface area contributed by atoms with Crippen molar-refractivity contribution in [2.45, 2.75) is 26.3 Å². The molecule has 0 bridgehead atoms. The van der Waals surface area contributed by atoms with Crippen LogP contribution < -0.4 is 20.1 Å². The van der Waals surface area contributed by atoms with Gasteiger partial charge in [0.1, 0.15) is 5.75 Å². The van der Waals surface area contributed by atoms with Crippen LogP contribution in [0.15, 0.2) is 53.7 Å². The first-order valence-electron chi connectivity index (χ1n) is 9.02. The van der Waals surface area contributed by atoms with Crippen LogP contribution in [0.4, 0.5) is 0 Å². The molecule has 1 aromatic heterocycles. The van der Waals surface area contributed by atoms with Crippen LogP contribution in [0.25, 0.3) is 0 Å². The lowest BCUT2D eigenvalue weighted by Gasteiger charge is -2.12. The molecule has 0 radical (unpaired) electrons. The molecule has 2 N–H and O–H groups in total. The largest absolute Gasteiger partial charge is 0.494 e. The minimum atomic E-state index is 0. The van der Waals surface area contributed by atoms with Crippen LogP contribution in [-0.4, -0.2) is 37.7 Å². The van der Waals surface area contributed by atoms with Gasteiger partial charge in [-0.05, 0) is 30.5 Å². The van der Waals surface area contributed by atoms with Crippen LogP contribution in [0.1, 0.15) is 25.3 Å². The maximum Gasteiger partial charge on any atom is 0.213 e. The highest BCUT2D eigenvalue weighted by Gasteiger charge is 2.00. The number of para-hydroxylation sites is 1. The summed E-state index contributed by atoms with van der Waals surface area (Å²) in [5.41, 5.74) is 1.07. The number of guanidine groups is 1. The van der Waals surface area contributed by atoms with Gasteiger partial charge in [0, 0.05) is 32.4 Å². The Kier molecular flexibility index (Phi) is 12.0. The van der Waals surface area contributed by atoms with Gasteiger partial charge >= 0.3 is 0 Å². The molecule has 0 unspecified atom stereocenters. The van der Waals surface area contributed by atoms with Gasteiger partial charge in [0.15, 0.2) is 5.96 Å². The van der Waals surface area contributed by atoms with E-state index in [-0.39, 0.29) is 24.0 Å². The zero-order chi connectivity index (χ0) is 18.5. The van der Waals surface area contributed by atoms with Crippen LogP contribution in [0.2, 0.25) is 0 Å². The lowest BCUT2D eigenvalue weighted by Crippen LogP contribution is -2.37. The molecule has 0 atom stereocenters. The van der Waals surface area contributed by atoms with Crippen molar-refractivity contribution in [2.24, 2.45) is 4.99 Å². The first-order valence-corrected chi connectivity index (χ1v) is 9.02. The van der Waals surface area contributed by atoms with E-state index in [4.69, 9.17) is 9.47 Å². The third-order valence-corrected chi connectivity index (χ3v) is 3.56. The van der Waals surface area contributed by atoms with Gasteiger partial charge in [-0.3, -0.25) is 4.99 Å². The number of hydrogen-bond donors (Lipinski definition) is 2.